The quantitative estimate of drug-likeness (QED) is 0.760. The molecule has 2 N–H and O–H groups in total. The van der Waals surface area contributed by atoms with Gasteiger partial charge < -0.3 is 15.0 Å². The van der Waals surface area contributed by atoms with Gasteiger partial charge in [-0.2, -0.15) is 0 Å². The number of carbonyl (C=O) groups is 2. The molecule has 0 aliphatic carbocycles. The van der Waals surface area contributed by atoms with E-state index in [0.717, 1.165) is 18.4 Å². The molecule has 0 atom stereocenters. The van der Waals surface area contributed by atoms with Crippen LogP contribution >= 0.6 is 0 Å². The maximum absolute atomic E-state index is 12.6. The average Bonchev–Trinajstić information content (AvgIpc) is 3.15. The Bertz CT molecular complexity index is 971. The number of pyridine rings is 1. The predicted molar refractivity (Wildman–Crippen MR) is 97.4 cm³/mol. The number of nitrogens with zero attached hydrogens (tertiary/aromatic N) is 2. The van der Waals surface area contributed by atoms with Gasteiger partial charge in [0.25, 0.3) is 5.91 Å². The molecule has 0 saturated carbocycles. The minimum Gasteiger partial charge on any atom is -0.478 e. The highest BCUT2D eigenvalue weighted by molar-refractivity contribution is 5.95. The lowest BCUT2D eigenvalue weighted by Crippen LogP contribution is -2.38. The normalized spacial score (nSPS) is 15.3. The molecule has 3 aromatic rings. The number of aromatic amines is 1. The van der Waals surface area contributed by atoms with E-state index in [1.807, 2.05) is 6.20 Å². The van der Waals surface area contributed by atoms with Gasteiger partial charge in [-0.25, -0.2) is 4.79 Å². The van der Waals surface area contributed by atoms with Gasteiger partial charge in [0.2, 0.25) is 0 Å². The van der Waals surface area contributed by atoms with Crippen LogP contribution in [0.15, 0.2) is 48.8 Å². The molecule has 0 radical (unpaired) electrons. The minimum atomic E-state index is -1.06. The summed E-state index contributed by atoms with van der Waals surface area (Å²) in [5.74, 6) is -0.829. The van der Waals surface area contributed by atoms with Crippen LogP contribution in [0, 0.1) is 0 Å². The van der Waals surface area contributed by atoms with Crippen molar-refractivity contribution in [1.82, 2.24) is 14.9 Å². The van der Waals surface area contributed by atoms with E-state index in [-0.39, 0.29) is 17.2 Å². The van der Waals surface area contributed by atoms with E-state index in [1.54, 1.807) is 4.90 Å². The zero-order valence-corrected chi connectivity index (χ0v) is 14.2. The molecule has 6 heteroatoms. The molecule has 1 fully saturated rings. The van der Waals surface area contributed by atoms with Crippen molar-refractivity contribution in [3.05, 3.63) is 65.6 Å². The van der Waals surface area contributed by atoms with Crippen LogP contribution in [0.1, 0.15) is 45.2 Å². The number of benzene rings is 1. The number of aromatic carboxylic acids is 1. The molecule has 0 unspecified atom stereocenters. The summed E-state index contributed by atoms with van der Waals surface area (Å²) in [6, 6.07) is 11.3. The maximum Gasteiger partial charge on any atom is 0.335 e. The van der Waals surface area contributed by atoms with Crippen LogP contribution in [0.5, 0.6) is 0 Å². The van der Waals surface area contributed by atoms with Crippen LogP contribution in [-0.4, -0.2) is 44.9 Å². The molecule has 26 heavy (non-hydrogen) atoms. The van der Waals surface area contributed by atoms with Gasteiger partial charge in [-0.3, -0.25) is 9.78 Å². The number of carbonyl (C=O) groups excluding carboxylic acids is 1. The molecular formula is C20H19N3O3. The van der Waals surface area contributed by atoms with Gasteiger partial charge in [-0.05, 0) is 60.0 Å². The van der Waals surface area contributed by atoms with Crippen molar-refractivity contribution in [2.24, 2.45) is 0 Å². The largest absolute Gasteiger partial charge is 0.478 e. The summed E-state index contributed by atoms with van der Waals surface area (Å²) in [5.41, 5.74) is 2.70. The summed E-state index contributed by atoms with van der Waals surface area (Å²) < 4.78 is 0. The highest BCUT2D eigenvalue weighted by atomic mass is 16.4. The Labute approximate surface area is 150 Å². The second-order valence-electron chi connectivity index (χ2n) is 6.63. The molecule has 0 bridgehead atoms. The van der Waals surface area contributed by atoms with Crippen molar-refractivity contribution in [1.29, 1.82) is 0 Å². The lowest BCUT2D eigenvalue weighted by Gasteiger charge is -2.32. The van der Waals surface area contributed by atoms with Gasteiger partial charge in [-0.1, -0.05) is 6.07 Å². The Morgan fingerprint density at radius 2 is 1.92 bits per heavy atom. The first-order valence-corrected chi connectivity index (χ1v) is 8.67. The standard InChI is InChI=1S/C20H19N3O3/c24-19(18-12-16(20(25)26)4-8-22-18)23-9-5-13(6-10-23)14-1-2-17-15(11-14)3-7-21-17/h1-4,7-8,11-13,21H,5-6,9-10H2,(H,25,26). The molecule has 1 aliphatic rings. The zero-order chi connectivity index (χ0) is 18.1. The third kappa shape index (κ3) is 3.06. The lowest BCUT2D eigenvalue weighted by molar-refractivity contribution is 0.0696. The SMILES string of the molecule is O=C(O)c1ccnc(C(=O)N2CCC(c3ccc4[nH]ccc4c3)CC2)c1. The summed E-state index contributed by atoms with van der Waals surface area (Å²) in [6.45, 7) is 1.29. The summed E-state index contributed by atoms with van der Waals surface area (Å²) >= 11 is 0. The Balaban J connectivity index is 1.45. The van der Waals surface area contributed by atoms with E-state index in [1.165, 1.54) is 29.3 Å². The second-order valence-corrected chi connectivity index (χ2v) is 6.63. The molecule has 6 nitrogen and oxygen atoms in total. The average molecular weight is 349 g/mol. The molecule has 0 spiro atoms. The number of hydrogen-bond donors (Lipinski definition) is 2. The molecule has 1 aliphatic heterocycles. The number of likely N-dealkylation sites (tertiary alicyclic amines) is 1. The van der Waals surface area contributed by atoms with Crippen LogP contribution in [0.3, 0.4) is 0 Å². The summed E-state index contributed by atoms with van der Waals surface area (Å²) in [4.78, 5) is 32.7. The Hall–Kier alpha value is -3.15. The molecule has 1 aromatic carbocycles. The van der Waals surface area contributed by atoms with Crippen molar-refractivity contribution in [3.63, 3.8) is 0 Å². The van der Waals surface area contributed by atoms with E-state index >= 15 is 0 Å². The molecule has 4 rings (SSSR count). The number of carboxylic acid groups (broad SMARTS) is 1. The monoisotopic (exact) mass is 349 g/mol. The van der Waals surface area contributed by atoms with E-state index in [9.17, 15) is 9.59 Å². The third-order valence-corrected chi connectivity index (χ3v) is 5.06. The van der Waals surface area contributed by atoms with Crippen LogP contribution in [0.4, 0.5) is 0 Å². The van der Waals surface area contributed by atoms with Crippen LogP contribution < -0.4 is 0 Å². The predicted octanol–water partition coefficient (Wildman–Crippen LogP) is 3.28. The van der Waals surface area contributed by atoms with Gasteiger partial charge >= 0.3 is 5.97 Å². The van der Waals surface area contributed by atoms with E-state index in [0.29, 0.717) is 19.0 Å². The fourth-order valence-electron chi connectivity index (χ4n) is 3.58. The molecule has 3 heterocycles. The fourth-order valence-corrected chi connectivity index (χ4v) is 3.58. The Morgan fingerprint density at radius 1 is 1.12 bits per heavy atom. The van der Waals surface area contributed by atoms with Crippen LogP contribution in [0.25, 0.3) is 10.9 Å². The van der Waals surface area contributed by atoms with E-state index in [2.05, 4.69) is 34.2 Å². The number of hydrogen-bond acceptors (Lipinski definition) is 3. The molecular weight excluding hydrogens is 330 g/mol. The van der Waals surface area contributed by atoms with Crippen LogP contribution in [0.2, 0.25) is 0 Å². The number of nitrogens with one attached hydrogen (secondary N) is 1. The smallest absolute Gasteiger partial charge is 0.335 e. The van der Waals surface area contributed by atoms with E-state index in [4.69, 9.17) is 5.11 Å². The zero-order valence-electron chi connectivity index (χ0n) is 14.2. The van der Waals surface area contributed by atoms with Gasteiger partial charge in [0, 0.05) is 31.0 Å². The number of rotatable bonds is 3. The second kappa shape index (κ2) is 6.63. The molecule has 132 valence electrons. The minimum absolute atomic E-state index is 0.0815. The fraction of sp³-hybridized carbons (Fsp3) is 0.250. The highest BCUT2D eigenvalue weighted by Gasteiger charge is 2.25. The lowest BCUT2D eigenvalue weighted by atomic mass is 9.89. The number of fused-ring (bicyclic) bond motifs is 1. The first-order valence-electron chi connectivity index (χ1n) is 8.67. The van der Waals surface area contributed by atoms with Gasteiger partial charge in [0.15, 0.2) is 0 Å². The van der Waals surface area contributed by atoms with Gasteiger partial charge in [0.05, 0.1) is 5.56 Å². The van der Waals surface area contributed by atoms with Crippen molar-refractivity contribution >= 4 is 22.8 Å². The molecule has 2 aromatic heterocycles. The van der Waals surface area contributed by atoms with E-state index < -0.39 is 5.97 Å². The summed E-state index contributed by atoms with van der Waals surface area (Å²) in [5, 5.41) is 10.3. The third-order valence-electron chi connectivity index (χ3n) is 5.06. The topological polar surface area (TPSA) is 86.3 Å². The maximum atomic E-state index is 12.6. The van der Waals surface area contributed by atoms with Gasteiger partial charge in [0.1, 0.15) is 5.69 Å². The van der Waals surface area contributed by atoms with Crippen LogP contribution in [-0.2, 0) is 0 Å². The number of carboxylic acids is 1. The van der Waals surface area contributed by atoms with Gasteiger partial charge in [-0.15, -0.1) is 0 Å². The first kappa shape index (κ1) is 16.3. The summed E-state index contributed by atoms with van der Waals surface area (Å²) in [7, 11) is 0. The number of piperidine rings is 1. The number of H-pyrrole nitrogens is 1. The first-order chi connectivity index (χ1) is 12.6. The van der Waals surface area contributed by atoms with Crippen molar-refractivity contribution in [2.45, 2.75) is 18.8 Å². The van der Waals surface area contributed by atoms with Crippen molar-refractivity contribution in [3.8, 4) is 0 Å². The highest BCUT2D eigenvalue weighted by Crippen LogP contribution is 2.30. The molecule has 1 amide bonds. The van der Waals surface area contributed by atoms with Crippen molar-refractivity contribution < 1.29 is 14.7 Å². The molecule has 1 saturated heterocycles. The number of aromatic nitrogens is 2. The number of amides is 1. The van der Waals surface area contributed by atoms with Crippen molar-refractivity contribution in [2.75, 3.05) is 13.1 Å². The Morgan fingerprint density at radius 3 is 2.69 bits per heavy atom. The summed E-state index contributed by atoms with van der Waals surface area (Å²) in [6.07, 6.45) is 5.09. The Kier molecular flexibility index (Phi) is 4.16.